The summed E-state index contributed by atoms with van der Waals surface area (Å²) in [5, 5.41) is 10.9. The van der Waals surface area contributed by atoms with Gasteiger partial charge in [0.15, 0.2) is 5.76 Å². The minimum absolute atomic E-state index is 0.0335. The summed E-state index contributed by atoms with van der Waals surface area (Å²) in [6.07, 6.45) is 4.41. The number of ketones is 1. The molecule has 8 heteroatoms. The lowest BCUT2D eigenvalue weighted by Gasteiger charge is -2.07. The topological polar surface area (TPSA) is 109 Å². The number of hydrogen-bond acceptors (Lipinski definition) is 7. The van der Waals surface area contributed by atoms with Gasteiger partial charge in [0.1, 0.15) is 11.5 Å². The van der Waals surface area contributed by atoms with Crippen LogP contribution in [-0.2, 0) is 0 Å². The van der Waals surface area contributed by atoms with Gasteiger partial charge in [0.25, 0.3) is 5.69 Å². The molecule has 0 atom stereocenters. The number of nitro groups is 1. The molecule has 2 aromatic carbocycles. The second-order valence-corrected chi connectivity index (χ2v) is 6.53. The molecule has 0 unspecified atom stereocenters. The normalized spacial score (nSPS) is 13.6. The largest absolute Gasteiger partial charge is 0.452 e. The van der Waals surface area contributed by atoms with Crippen molar-refractivity contribution in [3.63, 3.8) is 0 Å². The summed E-state index contributed by atoms with van der Waals surface area (Å²) in [5.74, 6) is -0.382. The monoisotopic (exact) mass is 402 g/mol. The number of aromatic nitrogens is 1. The van der Waals surface area contributed by atoms with Crippen LogP contribution in [0.4, 0.5) is 5.69 Å². The highest BCUT2D eigenvalue weighted by Crippen LogP contribution is 2.37. The summed E-state index contributed by atoms with van der Waals surface area (Å²) in [6.45, 7) is 1.71. The first-order valence-corrected chi connectivity index (χ1v) is 8.88. The SMILES string of the molecule is Cc1cc(OC(=O)c2ccncc2)cc2c1C(=O)/C(=C/c1cccc([N+](=O)[O-])c1)O2. The molecule has 4 rings (SSSR count). The van der Waals surface area contributed by atoms with Gasteiger partial charge >= 0.3 is 5.97 Å². The Labute approximate surface area is 170 Å². The smallest absolute Gasteiger partial charge is 0.343 e. The number of Topliss-reactive ketones (excluding diaryl/α,β-unsaturated/α-hetero) is 1. The fourth-order valence-corrected chi connectivity index (χ4v) is 3.07. The number of pyridine rings is 1. The molecule has 0 aliphatic carbocycles. The lowest BCUT2D eigenvalue weighted by Crippen LogP contribution is -2.08. The number of carbonyl (C=O) groups excluding carboxylic acids is 2. The van der Waals surface area contributed by atoms with Crippen LogP contribution in [-0.4, -0.2) is 21.7 Å². The zero-order valence-electron chi connectivity index (χ0n) is 15.7. The van der Waals surface area contributed by atoms with Crippen LogP contribution in [0.1, 0.15) is 31.8 Å². The minimum atomic E-state index is -0.562. The number of nitrogens with zero attached hydrogens (tertiary/aromatic N) is 2. The molecule has 0 amide bonds. The number of non-ortho nitro benzene ring substituents is 1. The Hall–Kier alpha value is -4.33. The molecule has 1 aliphatic rings. The molecule has 0 saturated carbocycles. The maximum atomic E-state index is 12.8. The number of allylic oxidation sites excluding steroid dienone is 1. The van der Waals surface area contributed by atoms with Gasteiger partial charge in [0.05, 0.1) is 16.1 Å². The Morgan fingerprint density at radius 2 is 1.93 bits per heavy atom. The number of carbonyl (C=O) groups is 2. The fourth-order valence-electron chi connectivity index (χ4n) is 3.07. The zero-order chi connectivity index (χ0) is 21.3. The van der Waals surface area contributed by atoms with Crippen molar-refractivity contribution >= 4 is 23.5 Å². The molecule has 0 fully saturated rings. The van der Waals surface area contributed by atoms with Crippen molar-refractivity contribution in [1.29, 1.82) is 0 Å². The van der Waals surface area contributed by atoms with Crippen molar-refractivity contribution in [2.75, 3.05) is 0 Å². The maximum absolute atomic E-state index is 12.8. The van der Waals surface area contributed by atoms with Crippen molar-refractivity contribution in [2.24, 2.45) is 0 Å². The Kier molecular flexibility index (Phi) is 4.81. The van der Waals surface area contributed by atoms with E-state index in [1.54, 1.807) is 19.1 Å². The molecule has 0 saturated heterocycles. The molecule has 148 valence electrons. The van der Waals surface area contributed by atoms with Gasteiger partial charge in [-0.05, 0) is 42.3 Å². The number of fused-ring (bicyclic) bond motifs is 1. The molecule has 2 heterocycles. The molecule has 0 spiro atoms. The van der Waals surface area contributed by atoms with E-state index in [0.717, 1.165) is 0 Å². The van der Waals surface area contributed by atoms with Gasteiger partial charge in [-0.3, -0.25) is 19.9 Å². The molecule has 0 radical (unpaired) electrons. The van der Waals surface area contributed by atoms with E-state index >= 15 is 0 Å². The van der Waals surface area contributed by atoms with Gasteiger partial charge in [0, 0.05) is 30.6 Å². The highest BCUT2D eigenvalue weighted by molar-refractivity contribution is 6.15. The molecule has 1 aromatic heterocycles. The van der Waals surface area contributed by atoms with Crippen molar-refractivity contribution in [1.82, 2.24) is 4.98 Å². The lowest BCUT2D eigenvalue weighted by molar-refractivity contribution is -0.384. The molecule has 30 heavy (non-hydrogen) atoms. The standard InChI is InChI=1S/C22H14N2O6/c1-13-9-17(29-22(26)15-5-7-23-8-6-15)12-18-20(13)21(25)19(30-18)11-14-3-2-4-16(10-14)24(27)28/h2-12H,1H3/b19-11-. The number of ether oxygens (including phenoxy) is 2. The average Bonchev–Trinajstić information content (AvgIpc) is 3.04. The van der Waals surface area contributed by atoms with Crippen molar-refractivity contribution < 1.29 is 24.0 Å². The van der Waals surface area contributed by atoms with Crippen LogP contribution in [0.2, 0.25) is 0 Å². The number of aryl methyl sites for hydroxylation is 1. The average molecular weight is 402 g/mol. The third-order valence-electron chi connectivity index (χ3n) is 4.45. The number of esters is 1. The maximum Gasteiger partial charge on any atom is 0.343 e. The Morgan fingerprint density at radius 1 is 1.17 bits per heavy atom. The van der Waals surface area contributed by atoms with E-state index in [2.05, 4.69) is 4.98 Å². The lowest BCUT2D eigenvalue weighted by atomic mass is 10.0. The molecule has 0 N–H and O–H groups in total. The summed E-state index contributed by atoms with van der Waals surface area (Å²) >= 11 is 0. The van der Waals surface area contributed by atoms with Gasteiger partial charge in [-0.15, -0.1) is 0 Å². The first-order chi connectivity index (χ1) is 14.4. The van der Waals surface area contributed by atoms with Crippen molar-refractivity contribution in [3.05, 3.63) is 99.1 Å². The summed E-state index contributed by atoms with van der Waals surface area (Å²) in [7, 11) is 0. The van der Waals surface area contributed by atoms with E-state index in [1.807, 2.05) is 0 Å². The van der Waals surface area contributed by atoms with Crippen LogP contribution in [0.15, 0.2) is 66.7 Å². The van der Waals surface area contributed by atoms with Crippen LogP contribution < -0.4 is 9.47 Å². The summed E-state index contributed by atoms with van der Waals surface area (Å²) in [5.41, 5.74) is 1.65. The predicted octanol–water partition coefficient (Wildman–Crippen LogP) is 4.13. The van der Waals surface area contributed by atoms with Gasteiger partial charge < -0.3 is 9.47 Å². The Morgan fingerprint density at radius 3 is 2.67 bits per heavy atom. The number of nitro benzene ring substituents is 1. The molecular formula is C22H14N2O6. The number of benzene rings is 2. The molecule has 0 bridgehead atoms. The number of hydrogen-bond donors (Lipinski definition) is 0. The van der Waals surface area contributed by atoms with Crippen molar-refractivity contribution in [3.8, 4) is 11.5 Å². The third-order valence-corrected chi connectivity index (χ3v) is 4.45. The van der Waals surface area contributed by atoms with E-state index < -0.39 is 10.9 Å². The van der Waals surface area contributed by atoms with Gasteiger partial charge in [-0.1, -0.05) is 12.1 Å². The highest BCUT2D eigenvalue weighted by atomic mass is 16.6. The summed E-state index contributed by atoms with van der Waals surface area (Å²) < 4.78 is 11.1. The van der Waals surface area contributed by atoms with Crippen LogP contribution in [0.5, 0.6) is 11.5 Å². The Bertz CT molecular complexity index is 1220. The first-order valence-electron chi connectivity index (χ1n) is 8.88. The minimum Gasteiger partial charge on any atom is -0.452 e. The van der Waals surface area contributed by atoms with Gasteiger partial charge in [-0.2, -0.15) is 0 Å². The van der Waals surface area contributed by atoms with Crippen LogP contribution in [0.3, 0.4) is 0 Å². The fraction of sp³-hybridized carbons (Fsp3) is 0.0455. The first kappa shape index (κ1) is 19.0. The van der Waals surface area contributed by atoms with E-state index in [9.17, 15) is 19.7 Å². The highest BCUT2D eigenvalue weighted by Gasteiger charge is 2.30. The zero-order valence-corrected chi connectivity index (χ0v) is 15.7. The van der Waals surface area contributed by atoms with E-state index in [-0.39, 0.29) is 28.7 Å². The van der Waals surface area contributed by atoms with Crippen LogP contribution >= 0.6 is 0 Å². The second kappa shape index (κ2) is 7.59. The van der Waals surface area contributed by atoms with E-state index in [4.69, 9.17) is 9.47 Å². The Balaban J connectivity index is 1.62. The molecule has 3 aromatic rings. The van der Waals surface area contributed by atoms with Crippen molar-refractivity contribution in [2.45, 2.75) is 6.92 Å². The van der Waals surface area contributed by atoms with E-state index in [1.165, 1.54) is 54.9 Å². The van der Waals surface area contributed by atoms with Gasteiger partial charge in [0.2, 0.25) is 5.78 Å². The van der Waals surface area contributed by atoms with Gasteiger partial charge in [-0.25, -0.2) is 4.79 Å². The predicted molar refractivity (Wildman–Crippen MR) is 106 cm³/mol. The number of rotatable bonds is 4. The summed E-state index contributed by atoms with van der Waals surface area (Å²) in [4.78, 5) is 39.3. The second-order valence-electron chi connectivity index (χ2n) is 6.53. The van der Waals surface area contributed by atoms with E-state index in [0.29, 0.717) is 22.3 Å². The quantitative estimate of drug-likeness (QED) is 0.212. The molecular weight excluding hydrogens is 388 g/mol. The van der Waals surface area contributed by atoms with Crippen LogP contribution in [0.25, 0.3) is 6.08 Å². The van der Waals surface area contributed by atoms with Crippen LogP contribution in [0, 0.1) is 17.0 Å². The molecule has 1 aliphatic heterocycles. The molecule has 8 nitrogen and oxygen atoms in total. The third kappa shape index (κ3) is 3.66. The summed E-state index contributed by atoms with van der Waals surface area (Å²) in [6, 6.07) is 12.0.